The summed E-state index contributed by atoms with van der Waals surface area (Å²) in [6.45, 7) is 0.499. The van der Waals surface area contributed by atoms with Gasteiger partial charge in [0.25, 0.3) is 0 Å². The molecule has 4 nitrogen and oxygen atoms in total. The van der Waals surface area contributed by atoms with Gasteiger partial charge in [-0.3, -0.25) is 0 Å². The average Bonchev–Trinajstić information content (AvgIpc) is 2.39. The molecule has 0 amide bonds. The number of nitrogens with two attached hydrogens (primary N) is 1. The molecule has 0 saturated carbocycles. The van der Waals surface area contributed by atoms with Crippen LogP contribution in [0.1, 0.15) is 11.6 Å². The van der Waals surface area contributed by atoms with Crippen LogP contribution in [-0.2, 0) is 0 Å². The number of anilines is 1. The highest BCUT2D eigenvalue weighted by Gasteiger charge is 2.09. The number of hydrogen-bond donors (Lipinski definition) is 2. The molecule has 3 N–H and O–H groups in total. The summed E-state index contributed by atoms with van der Waals surface area (Å²) in [4.78, 5) is 8.41. The molecule has 0 fully saturated rings. The predicted molar refractivity (Wildman–Crippen MR) is 76.6 cm³/mol. The van der Waals surface area contributed by atoms with Gasteiger partial charge in [-0.25, -0.2) is 9.97 Å². The Balaban J connectivity index is 2.13. The quantitative estimate of drug-likeness (QED) is 0.838. The lowest BCUT2D eigenvalue weighted by Crippen LogP contribution is -2.21. The summed E-state index contributed by atoms with van der Waals surface area (Å²) in [6.07, 6.45) is 3.54. The van der Waals surface area contributed by atoms with E-state index in [0.717, 1.165) is 9.13 Å². The summed E-state index contributed by atoms with van der Waals surface area (Å²) < 4.78 is 1.01. The maximum absolute atomic E-state index is 5.76. The van der Waals surface area contributed by atoms with Crippen molar-refractivity contribution in [3.8, 4) is 0 Å². The first kappa shape index (κ1) is 12.3. The molecule has 0 bridgehead atoms. The third-order valence-corrected chi connectivity index (χ3v) is 2.92. The van der Waals surface area contributed by atoms with E-state index in [4.69, 9.17) is 5.73 Å². The largest absolute Gasteiger partial charge is 0.346 e. The van der Waals surface area contributed by atoms with E-state index in [1.54, 1.807) is 12.4 Å². The molecule has 5 heteroatoms. The second-order valence-electron chi connectivity index (χ2n) is 3.57. The molecular weight excluding hydrogens is 327 g/mol. The van der Waals surface area contributed by atoms with Crippen LogP contribution in [0.3, 0.4) is 0 Å². The van der Waals surface area contributed by atoms with Crippen molar-refractivity contribution in [3.05, 3.63) is 51.9 Å². The van der Waals surface area contributed by atoms with Crippen LogP contribution in [0.25, 0.3) is 0 Å². The number of nitrogens with one attached hydrogen (secondary N) is 1. The van der Waals surface area contributed by atoms with Crippen LogP contribution in [0, 0.1) is 3.57 Å². The van der Waals surface area contributed by atoms with E-state index in [2.05, 4.69) is 37.9 Å². The molecule has 17 heavy (non-hydrogen) atoms. The van der Waals surface area contributed by atoms with Gasteiger partial charge < -0.3 is 11.1 Å². The minimum absolute atomic E-state index is 0.0382. The van der Waals surface area contributed by atoms with Crippen LogP contribution >= 0.6 is 22.6 Å². The molecule has 2 aromatic rings. The Hall–Kier alpha value is -1.21. The minimum atomic E-state index is 0.0382. The molecule has 1 heterocycles. The van der Waals surface area contributed by atoms with Crippen molar-refractivity contribution in [2.75, 3.05) is 11.9 Å². The van der Waals surface area contributed by atoms with Crippen molar-refractivity contribution >= 4 is 28.5 Å². The lowest BCUT2D eigenvalue weighted by atomic mass is 10.1. The van der Waals surface area contributed by atoms with E-state index >= 15 is 0 Å². The molecule has 0 aliphatic carbocycles. The number of nitrogens with zero attached hydrogens (tertiary/aromatic N) is 2. The highest BCUT2D eigenvalue weighted by Crippen LogP contribution is 2.15. The van der Waals surface area contributed by atoms with Crippen LogP contribution < -0.4 is 11.1 Å². The Labute approximate surface area is 114 Å². The third kappa shape index (κ3) is 3.37. The van der Waals surface area contributed by atoms with Gasteiger partial charge in [-0.1, -0.05) is 30.3 Å². The lowest BCUT2D eigenvalue weighted by molar-refractivity contribution is 0.776. The van der Waals surface area contributed by atoms with Crippen molar-refractivity contribution in [3.63, 3.8) is 0 Å². The number of benzene rings is 1. The Morgan fingerprint density at radius 2 is 1.82 bits per heavy atom. The summed E-state index contributed by atoms with van der Waals surface area (Å²) in [5.41, 5.74) is 6.90. The molecule has 0 spiro atoms. The molecule has 0 saturated heterocycles. The van der Waals surface area contributed by atoms with Gasteiger partial charge in [-0.2, -0.15) is 0 Å². The van der Waals surface area contributed by atoms with Gasteiger partial charge in [-0.05, 0) is 28.2 Å². The van der Waals surface area contributed by atoms with Gasteiger partial charge in [0.15, 0.2) is 0 Å². The van der Waals surface area contributed by atoms with Gasteiger partial charge >= 0.3 is 0 Å². The van der Waals surface area contributed by atoms with Gasteiger partial charge in [0.05, 0.1) is 6.04 Å². The summed E-state index contributed by atoms with van der Waals surface area (Å²) in [5, 5.41) is 3.22. The molecule has 0 aliphatic heterocycles. The van der Waals surface area contributed by atoms with Crippen LogP contribution in [0.15, 0.2) is 42.7 Å². The van der Waals surface area contributed by atoms with Crippen LogP contribution in [0.5, 0.6) is 0 Å². The smallest absolute Gasteiger partial charge is 0.223 e. The van der Waals surface area contributed by atoms with E-state index in [1.165, 1.54) is 0 Å². The van der Waals surface area contributed by atoms with E-state index in [0.29, 0.717) is 12.5 Å². The lowest BCUT2D eigenvalue weighted by Gasteiger charge is -2.16. The zero-order valence-electron chi connectivity index (χ0n) is 9.18. The second-order valence-corrected chi connectivity index (χ2v) is 4.81. The normalized spacial score (nSPS) is 12.1. The first-order valence-electron chi connectivity index (χ1n) is 5.28. The topological polar surface area (TPSA) is 63.8 Å². The number of rotatable bonds is 4. The Bertz CT molecular complexity index is 458. The maximum Gasteiger partial charge on any atom is 0.223 e. The summed E-state index contributed by atoms with van der Waals surface area (Å²) in [7, 11) is 0. The summed E-state index contributed by atoms with van der Waals surface area (Å²) >= 11 is 2.17. The number of halogens is 1. The third-order valence-electron chi connectivity index (χ3n) is 2.36. The molecule has 2 rings (SSSR count). The van der Waals surface area contributed by atoms with E-state index < -0.39 is 0 Å². The van der Waals surface area contributed by atoms with Gasteiger partial charge in [0.2, 0.25) is 5.95 Å². The summed E-state index contributed by atoms with van der Waals surface area (Å²) in [6, 6.07) is 10.1. The maximum atomic E-state index is 5.76. The van der Waals surface area contributed by atoms with Crippen molar-refractivity contribution in [2.45, 2.75) is 6.04 Å². The highest BCUT2D eigenvalue weighted by molar-refractivity contribution is 14.1. The van der Waals surface area contributed by atoms with Crippen molar-refractivity contribution in [1.29, 1.82) is 0 Å². The standard InChI is InChI=1S/C12H13IN4/c13-10-7-15-12(16-8-10)17-11(6-14)9-4-2-1-3-5-9/h1-5,7-8,11H,6,14H2,(H,15,16,17). The SMILES string of the molecule is NCC(Nc1ncc(I)cn1)c1ccccc1. The zero-order valence-corrected chi connectivity index (χ0v) is 11.3. The van der Waals surface area contributed by atoms with Crippen LogP contribution in [0.4, 0.5) is 5.95 Å². The van der Waals surface area contributed by atoms with E-state index in [1.807, 2.05) is 30.3 Å². The fourth-order valence-electron chi connectivity index (χ4n) is 1.51. The van der Waals surface area contributed by atoms with E-state index in [9.17, 15) is 0 Å². The zero-order chi connectivity index (χ0) is 12.1. The molecular formula is C12H13IN4. The Morgan fingerprint density at radius 1 is 1.18 bits per heavy atom. The monoisotopic (exact) mass is 340 g/mol. The minimum Gasteiger partial charge on any atom is -0.346 e. The van der Waals surface area contributed by atoms with Gasteiger partial charge in [0, 0.05) is 22.5 Å². The second kappa shape index (κ2) is 5.92. The van der Waals surface area contributed by atoms with Crippen LogP contribution in [0.2, 0.25) is 0 Å². The summed E-state index contributed by atoms with van der Waals surface area (Å²) in [5.74, 6) is 0.602. The number of aromatic nitrogens is 2. The average molecular weight is 340 g/mol. The van der Waals surface area contributed by atoms with E-state index in [-0.39, 0.29) is 6.04 Å². The molecule has 1 aromatic heterocycles. The molecule has 0 aliphatic rings. The molecule has 1 atom stereocenters. The molecule has 88 valence electrons. The van der Waals surface area contributed by atoms with Crippen molar-refractivity contribution in [1.82, 2.24) is 9.97 Å². The van der Waals surface area contributed by atoms with Gasteiger partial charge in [0.1, 0.15) is 0 Å². The first-order chi connectivity index (χ1) is 8.29. The fourth-order valence-corrected chi connectivity index (χ4v) is 1.78. The Kier molecular flexibility index (Phi) is 4.27. The molecule has 1 aromatic carbocycles. The highest BCUT2D eigenvalue weighted by atomic mass is 127. The Morgan fingerprint density at radius 3 is 2.41 bits per heavy atom. The van der Waals surface area contributed by atoms with Gasteiger partial charge in [-0.15, -0.1) is 0 Å². The van der Waals surface area contributed by atoms with Crippen molar-refractivity contribution < 1.29 is 0 Å². The first-order valence-corrected chi connectivity index (χ1v) is 6.36. The number of hydrogen-bond acceptors (Lipinski definition) is 4. The van der Waals surface area contributed by atoms with Crippen LogP contribution in [-0.4, -0.2) is 16.5 Å². The molecule has 0 radical (unpaired) electrons. The van der Waals surface area contributed by atoms with Crippen molar-refractivity contribution in [2.24, 2.45) is 5.73 Å². The predicted octanol–water partition coefficient (Wildman–Crippen LogP) is 2.19. The fraction of sp³-hybridized carbons (Fsp3) is 0.167. The molecule has 1 unspecified atom stereocenters.